The third-order valence-corrected chi connectivity index (χ3v) is 3.74. The van der Waals surface area contributed by atoms with E-state index in [0.717, 1.165) is 24.6 Å². The third kappa shape index (κ3) is 5.68. The highest BCUT2D eigenvalue weighted by atomic mass is 16.3. The van der Waals surface area contributed by atoms with E-state index in [1.54, 1.807) is 0 Å². The molecule has 0 fully saturated rings. The maximum atomic E-state index is 5.86. The average molecular weight is 280 g/mol. The van der Waals surface area contributed by atoms with Crippen molar-refractivity contribution in [1.29, 1.82) is 0 Å². The molecule has 0 aromatic carbocycles. The van der Waals surface area contributed by atoms with Crippen LogP contribution in [-0.4, -0.2) is 23.5 Å². The largest absolute Gasteiger partial charge is 0.465 e. The molecule has 3 nitrogen and oxygen atoms in total. The normalized spacial score (nSPS) is 14.0. The van der Waals surface area contributed by atoms with Crippen molar-refractivity contribution in [2.45, 2.75) is 79.1 Å². The molecule has 0 aliphatic rings. The van der Waals surface area contributed by atoms with Crippen LogP contribution in [0.15, 0.2) is 10.5 Å². The van der Waals surface area contributed by atoms with Gasteiger partial charge in [0.2, 0.25) is 0 Å². The first-order valence-electron chi connectivity index (χ1n) is 7.76. The summed E-state index contributed by atoms with van der Waals surface area (Å²) < 4.78 is 5.86. The van der Waals surface area contributed by atoms with Gasteiger partial charge in [-0.1, -0.05) is 13.3 Å². The fourth-order valence-corrected chi connectivity index (χ4v) is 2.25. The number of aryl methyl sites for hydroxylation is 1. The molecule has 1 N–H and O–H groups in total. The Morgan fingerprint density at radius 2 is 2.00 bits per heavy atom. The van der Waals surface area contributed by atoms with Crippen LogP contribution in [-0.2, 0) is 13.1 Å². The van der Waals surface area contributed by atoms with Crippen molar-refractivity contribution >= 4 is 0 Å². The number of nitrogens with one attached hydrogen (secondary N) is 1. The molecular weight excluding hydrogens is 248 g/mol. The van der Waals surface area contributed by atoms with Gasteiger partial charge in [-0.15, -0.1) is 0 Å². The Balaban J connectivity index is 2.61. The summed E-state index contributed by atoms with van der Waals surface area (Å²) >= 11 is 0. The lowest BCUT2D eigenvalue weighted by atomic mass is 10.1. The number of hydrogen-bond acceptors (Lipinski definition) is 3. The second-order valence-corrected chi connectivity index (χ2v) is 6.95. The maximum absolute atomic E-state index is 5.86. The van der Waals surface area contributed by atoms with Gasteiger partial charge in [0, 0.05) is 23.7 Å². The van der Waals surface area contributed by atoms with Gasteiger partial charge in [-0.05, 0) is 54.2 Å². The Hall–Kier alpha value is -0.800. The second-order valence-electron chi connectivity index (χ2n) is 6.95. The second kappa shape index (κ2) is 7.28. The molecule has 0 aliphatic carbocycles. The molecule has 1 heterocycles. The van der Waals surface area contributed by atoms with Gasteiger partial charge in [0.15, 0.2) is 0 Å². The molecule has 0 radical (unpaired) electrons. The molecule has 0 aliphatic heterocycles. The summed E-state index contributed by atoms with van der Waals surface area (Å²) in [7, 11) is 2.19. The predicted octanol–water partition coefficient (Wildman–Crippen LogP) is 4.10. The van der Waals surface area contributed by atoms with Gasteiger partial charge < -0.3 is 9.73 Å². The highest BCUT2D eigenvalue weighted by Gasteiger charge is 2.15. The van der Waals surface area contributed by atoms with Gasteiger partial charge >= 0.3 is 0 Å². The summed E-state index contributed by atoms with van der Waals surface area (Å²) in [5.74, 6) is 2.08. The van der Waals surface area contributed by atoms with E-state index in [1.807, 2.05) is 0 Å². The number of nitrogens with zero attached hydrogens (tertiary/aromatic N) is 1. The summed E-state index contributed by atoms with van der Waals surface area (Å²) in [5.41, 5.74) is 1.42. The van der Waals surface area contributed by atoms with Crippen LogP contribution in [0.5, 0.6) is 0 Å². The third-order valence-electron chi connectivity index (χ3n) is 3.74. The molecule has 20 heavy (non-hydrogen) atoms. The van der Waals surface area contributed by atoms with Crippen molar-refractivity contribution in [3.8, 4) is 0 Å². The summed E-state index contributed by atoms with van der Waals surface area (Å²) in [5, 5.41) is 3.47. The Labute approximate surface area is 124 Å². The van der Waals surface area contributed by atoms with Crippen LogP contribution in [0, 0.1) is 6.92 Å². The fraction of sp³-hybridized carbons (Fsp3) is 0.765. The molecule has 1 atom stereocenters. The van der Waals surface area contributed by atoms with E-state index in [2.05, 4.69) is 64.9 Å². The minimum Gasteiger partial charge on any atom is -0.465 e. The van der Waals surface area contributed by atoms with Crippen LogP contribution in [0.4, 0.5) is 0 Å². The predicted molar refractivity (Wildman–Crippen MR) is 85.9 cm³/mol. The topological polar surface area (TPSA) is 28.4 Å². The lowest BCUT2D eigenvalue weighted by molar-refractivity contribution is 0.235. The van der Waals surface area contributed by atoms with Crippen LogP contribution in [0.3, 0.4) is 0 Å². The summed E-state index contributed by atoms with van der Waals surface area (Å²) in [4.78, 5) is 2.41. The van der Waals surface area contributed by atoms with Gasteiger partial charge in [0.1, 0.15) is 11.5 Å². The SMILES string of the molecule is CCCC(C)N(C)Cc1cc(CNC(C)(C)C)oc1C. The molecular formula is C17H32N2O. The van der Waals surface area contributed by atoms with Crippen molar-refractivity contribution in [2.24, 2.45) is 0 Å². The lowest BCUT2D eigenvalue weighted by Crippen LogP contribution is -2.34. The standard InChI is InChI=1S/C17H32N2O/c1-8-9-13(2)19(7)12-15-10-16(20-14(15)3)11-18-17(4,5)6/h10,13,18H,8-9,11-12H2,1-7H3. The van der Waals surface area contributed by atoms with Crippen molar-refractivity contribution in [1.82, 2.24) is 10.2 Å². The molecule has 116 valence electrons. The van der Waals surface area contributed by atoms with E-state index >= 15 is 0 Å². The Kier molecular flexibility index (Phi) is 6.28. The van der Waals surface area contributed by atoms with Gasteiger partial charge in [0.05, 0.1) is 6.54 Å². The van der Waals surface area contributed by atoms with E-state index in [0.29, 0.717) is 6.04 Å². The number of rotatable bonds is 7. The van der Waals surface area contributed by atoms with Gasteiger partial charge in [0.25, 0.3) is 0 Å². The van der Waals surface area contributed by atoms with Gasteiger partial charge in [-0.2, -0.15) is 0 Å². The highest BCUT2D eigenvalue weighted by molar-refractivity contribution is 5.21. The lowest BCUT2D eigenvalue weighted by Gasteiger charge is -2.23. The maximum Gasteiger partial charge on any atom is 0.118 e. The van der Waals surface area contributed by atoms with Crippen molar-refractivity contribution < 1.29 is 4.42 Å². The smallest absolute Gasteiger partial charge is 0.118 e. The van der Waals surface area contributed by atoms with Crippen molar-refractivity contribution in [2.75, 3.05) is 7.05 Å². The zero-order valence-electron chi connectivity index (χ0n) is 14.3. The molecule has 1 rings (SSSR count). The van der Waals surface area contributed by atoms with Crippen LogP contribution in [0.1, 0.15) is 64.5 Å². The Morgan fingerprint density at radius 3 is 2.55 bits per heavy atom. The number of furan rings is 1. The number of hydrogen-bond donors (Lipinski definition) is 1. The molecule has 0 saturated heterocycles. The quantitative estimate of drug-likeness (QED) is 0.815. The molecule has 1 aromatic heterocycles. The molecule has 1 unspecified atom stereocenters. The monoisotopic (exact) mass is 280 g/mol. The molecule has 0 spiro atoms. The minimum atomic E-state index is 0.118. The molecule has 0 amide bonds. The Morgan fingerprint density at radius 1 is 1.35 bits per heavy atom. The summed E-state index contributed by atoms with van der Waals surface area (Å²) in [6.45, 7) is 14.9. The van der Waals surface area contributed by atoms with E-state index < -0.39 is 0 Å². The molecule has 1 aromatic rings. The highest BCUT2D eigenvalue weighted by Crippen LogP contribution is 2.18. The van der Waals surface area contributed by atoms with Gasteiger partial charge in [-0.3, -0.25) is 4.90 Å². The zero-order chi connectivity index (χ0) is 15.3. The summed E-state index contributed by atoms with van der Waals surface area (Å²) in [6.07, 6.45) is 2.47. The summed E-state index contributed by atoms with van der Waals surface area (Å²) in [6, 6.07) is 2.81. The van der Waals surface area contributed by atoms with E-state index in [4.69, 9.17) is 4.42 Å². The van der Waals surface area contributed by atoms with Crippen LogP contribution in [0.2, 0.25) is 0 Å². The first-order chi connectivity index (χ1) is 9.23. The Bertz CT molecular complexity index is 404. The average Bonchev–Trinajstić information content (AvgIpc) is 2.67. The van der Waals surface area contributed by atoms with Crippen LogP contribution in [0.25, 0.3) is 0 Å². The fourth-order valence-electron chi connectivity index (χ4n) is 2.25. The molecule has 3 heteroatoms. The van der Waals surface area contributed by atoms with E-state index in [1.165, 1.54) is 18.4 Å². The molecule has 0 bridgehead atoms. The van der Waals surface area contributed by atoms with Gasteiger partial charge in [-0.25, -0.2) is 0 Å². The van der Waals surface area contributed by atoms with Crippen molar-refractivity contribution in [3.63, 3.8) is 0 Å². The first-order valence-corrected chi connectivity index (χ1v) is 7.76. The van der Waals surface area contributed by atoms with Crippen LogP contribution >= 0.6 is 0 Å². The minimum absolute atomic E-state index is 0.118. The molecule has 0 saturated carbocycles. The van der Waals surface area contributed by atoms with E-state index in [9.17, 15) is 0 Å². The van der Waals surface area contributed by atoms with Crippen LogP contribution < -0.4 is 5.32 Å². The zero-order valence-corrected chi connectivity index (χ0v) is 14.3. The first kappa shape index (κ1) is 17.3. The van der Waals surface area contributed by atoms with E-state index in [-0.39, 0.29) is 5.54 Å². The van der Waals surface area contributed by atoms with Crippen molar-refractivity contribution in [3.05, 3.63) is 23.2 Å².